The molecule has 0 amide bonds. The third-order valence-corrected chi connectivity index (χ3v) is 1.16. The monoisotopic (exact) mass is 134 g/mol. The SMILES string of the molecule is [2H]C(C)(C(O)CC)[N+](=O)[O-]. The summed E-state index contributed by atoms with van der Waals surface area (Å²) in [6, 6.07) is -1.96. The summed E-state index contributed by atoms with van der Waals surface area (Å²) < 4.78 is 7.04. The lowest BCUT2D eigenvalue weighted by Crippen LogP contribution is -2.29. The predicted octanol–water partition coefficient (Wildman–Crippen LogP) is 0.422. The van der Waals surface area contributed by atoms with Gasteiger partial charge in [0.1, 0.15) is 7.47 Å². The van der Waals surface area contributed by atoms with Crippen LogP contribution < -0.4 is 0 Å². The summed E-state index contributed by atoms with van der Waals surface area (Å²) in [5.74, 6) is 0. The van der Waals surface area contributed by atoms with Gasteiger partial charge in [-0.3, -0.25) is 10.1 Å². The standard InChI is InChI=1S/C5H11NO3/c1-3-5(7)4(2)6(8)9/h4-5,7H,3H2,1-2H3/i4D. The zero-order chi connectivity index (χ0) is 8.36. The number of rotatable bonds is 3. The van der Waals surface area contributed by atoms with E-state index in [2.05, 4.69) is 0 Å². The van der Waals surface area contributed by atoms with Crippen LogP contribution in [0.4, 0.5) is 0 Å². The molecule has 4 nitrogen and oxygen atoms in total. The summed E-state index contributed by atoms with van der Waals surface area (Å²) in [5.41, 5.74) is 0. The third kappa shape index (κ3) is 2.41. The van der Waals surface area contributed by atoms with Crippen molar-refractivity contribution in [1.29, 1.82) is 0 Å². The molecule has 2 unspecified atom stereocenters. The first kappa shape index (κ1) is 6.48. The first-order chi connectivity index (χ1) is 4.42. The molecular formula is C5H11NO3. The average molecular weight is 134 g/mol. The van der Waals surface area contributed by atoms with Crippen molar-refractivity contribution in [3.8, 4) is 0 Å². The smallest absolute Gasteiger partial charge is 0.235 e. The molecule has 9 heavy (non-hydrogen) atoms. The second kappa shape index (κ2) is 3.40. The van der Waals surface area contributed by atoms with Crippen LogP contribution in [0.5, 0.6) is 0 Å². The fraction of sp³-hybridized carbons (Fsp3) is 1.00. The fourth-order valence-electron chi connectivity index (χ4n) is 0.417. The van der Waals surface area contributed by atoms with Crippen LogP contribution in [0.2, 0.25) is 0 Å². The van der Waals surface area contributed by atoms with Gasteiger partial charge in [0.05, 0.1) is 0 Å². The second-order valence-electron chi connectivity index (χ2n) is 1.82. The topological polar surface area (TPSA) is 63.4 Å². The van der Waals surface area contributed by atoms with E-state index in [9.17, 15) is 10.1 Å². The molecule has 0 rings (SSSR count). The van der Waals surface area contributed by atoms with Gasteiger partial charge in [-0.25, -0.2) is 0 Å². The van der Waals surface area contributed by atoms with Gasteiger partial charge >= 0.3 is 0 Å². The number of hydrogen-bond acceptors (Lipinski definition) is 3. The van der Waals surface area contributed by atoms with Gasteiger partial charge in [-0.15, -0.1) is 0 Å². The molecule has 0 aliphatic heterocycles. The molecule has 1 N–H and O–H groups in total. The fourth-order valence-corrected chi connectivity index (χ4v) is 0.417. The van der Waals surface area contributed by atoms with Crippen LogP contribution in [0.15, 0.2) is 0 Å². The molecule has 0 spiro atoms. The Morgan fingerprint density at radius 1 is 2.00 bits per heavy atom. The molecule has 0 fully saturated rings. The molecule has 0 aromatic carbocycles. The Labute approximate surface area is 55.1 Å². The highest BCUT2D eigenvalue weighted by Gasteiger charge is 2.21. The summed E-state index contributed by atoms with van der Waals surface area (Å²) in [6.07, 6.45) is -0.969. The normalized spacial score (nSPS) is 21.9. The maximum atomic E-state index is 10.1. The van der Waals surface area contributed by atoms with Gasteiger partial charge in [0.2, 0.25) is 6.02 Å². The van der Waals surface area contributed by atoms with Crippen LogP contribution in [0, 0.1) is 10.1 Å². The number of nitrogens with zero attached hydrogens (tertiary/aromatic N) is 1. The van der Waals surface area contributed by atoms with E-state index in [4.69, 9.17) is 6.48 Å². The number of aliphatic hydroxyl groups excluding tert-OH is 1. The molecule has 0 saturated carbocycles. The molecule has 0 aliphatic rings. The van der Waals surface area contributed by atoms with Gasteiger partial charge in [-0.2, -0.15) is 0 Å². The van der Waals surface area contributed by atoms with E-state index in [0.717, 1.165) is 6.92 Å². The van der Waals surface area contributed by atoms with E-state index in [-0.39, 0.29) is 6.42 Å². The van der Waals surface area contributed by atoms with Gasteiger partial charge in [0.25, 0.3) is 0 Å². The Kier molecular flexibility index (Phi) is 2.45. The van der Waals surface area contributed by atoms with E-state index < -0.39 is 17.0 Å². The minimum Gasteiger partial charge on any atom is -0.386 e. The Balaban J connectivity index is 4.23. The minimum atomic E-state index is -1.96. The molecule has 54 valence electrons. The van der Waals surface area contributed by atoms with Crippen molar-refractivity contribution < 1.29 is 11.4 Å². The maximum absolute atomic E-state index is 10.1. The molecular weight excluding hydrogens is 122 g/mol. The Bertz CT molecular complexity index is 137. The lowest BCUT2D eigenvalue weighted by Gasteiger charge is -2.07. The summed E-state index contributed by atoms with van der Waals surface area (Å²) >= 11 is 0. The predicted molar refractivity (Wildman–Crippen MR) is 32.8 cm³/mol. The molecule has 0 radical (unpaired) electrons. The summed E-state index contributed by atoms with van der Waals surface area (Å²) in [7, 11) is 0. The molecule has 0 aromatic heterocycles. The van der Waals surface area contributed by atoms with Crippen molar-refractivity contribution in [3.05, 3.63) is 10.1 Å². The highest BCUT2D eigenvalue weighted by atomic mass is 16.6. The largest absolute Gasteiger partial charge is 0.386 e. The number of nitro groups is 1. The molecule has 2 atom stereocenters. The lowest BCUT2D eigenvalue weighted by atomic mass is 10.1. The third-order valence-electron chi connectivity index (χ3n) is 1.16. The van der Waals surface area contributed by atoms with Gasteiger partial charge in [0, 0.05) is 11.8 Å². The van der Waals surface area contributed by atoms with Gasteiger partial charge in [-0.05, 0) is 6.42 Å². The molecule has 0 aromatic rings. The zero-order valence-corrected chi connectivity index (χ0v) is 5.50. The van der Waals surface area contributed by atoms with E-state index in [1.165, 1.54) is 0 Å². The number of aliphatic hydroxyl groups is 1. The molecule has 4 heteroatoms. The Morgan fingerprint density at radius 2 is 2.44 bits per heavy atom. The second-order valence-corrected chi connectivity index (χ2v) is 1.82. The van der Waals surface area contributed by atoms with Crippen molar-refractivity contribution in [2.24, 2.45) is 0 Å². The van der Waals surface area contributed by atoms with Gasteiger partial charge in [-0.1, -0.05) is 6.92 Å². The van der Waals surface area contributed by atoms with E-state index >= 15 is 0 Å². The maximum Gasteiger partial charge on any atom is 0.235 e. The van der Waals surface area contributed by atoms with Crippen LogP contribution in [-0.4, -0.2) is 22.2 Å². The highest BCUT2D eigenvalue weighted by molar-refractivity contribution is 4.58. The first-order valence-electron chi connectivity index (χ1n) is 3.25. The quantitative estimate of drug-likeness (QED) is 0.449. The number of hydrogen-bond donors (Lipinski definition) is 1. The van der Waals surface area contributed by atoms with Gasteiger partial charge < -0.3 is 5.11 Å². The van der Waals surface area contributed by atoms with Gasteiger partial charge in [0.15, 0.2) is 0 Å². The Morgan fingerprint density at radius 3 is 2.56 bits per heavy atom. The van der Waals surface area contributed by atoms with Crippen LogP contribution in [0.3, 0.4) is 0 Å². The summed E-state index contributed by atoms with van der Waals surface area (Å²) in [5, 5.41) is 19.0. The lowest BCUT2D eigenvalue weighted by molar-refractivity contribution is -0.529. The van der Waals surface area contributed by atoms with Crippen molar-refractivity contribution in [2.75, 3.05) is 0 Å². The summed E-state index contributed by atoms with van der Waals surface area (Å²) in [6.45, 7) is 2.68. The van der Waals surface area contributed by atoms with E-state index in [1.54, 1.807) is 6.92 Å². The molecule has 0 aliphatic carbocycles. The van der Waals surface area contributed by atoms with Crippen LogP contribution in [0.25, 0.3) is 0 Å². The van der Waals surface area contributed by atoms with Crippen LogP contribution >= 0.6 is 0 Å². The van der Waals surface area contributed by atoms with Crippen LogP contribution in [0.1, 0.15) is 21.6 Å². The average Bonchev–Trinajstić information content (AvgIpc) is 1.86. The molecule has 0 heterocycles. The van der Waals surface area contributed by atoms with Crippen LogP contribution in [-0.2, 0) is 0 Å². The Hall–Kier alpha value is -0.640. The zero-order valence-electron chi connectivity index (χ0n) is 6.50. The van der Waals surface area contributed by atoms with Crippen molar-refractivity contribution in [3.63, 3.8) is 0 Å². The summed E-state index contributed by atoms with van der Waals surface area (Å²) in [4.78, 5) is 9.29. The van der Waals surface area contributed by atoms with Crippen molar-refractivity contribution in [1.82, 2.24) is 0 Å². The van der Waals surface area contributed by atoms with Crippen molar-refractivity contribution in [2.45, 2.75) is 32.4 Å². The van der Waals surface area contributed by atoms with Crippen molar-refractivity contribution >= 4 is 0 Å². The van der Waals surface area contributed by atoms with E-state index in [0.29, 0.717) is 0 Å². The highest BCUT2D eigenvalue weighted by Crippen LogP contribution is 1.99. The minimum absolute atomic E-state index is 0.223. The first-order valence-corrected chi connectivity index (χ1v) is 2.75. The molecule has 0 saturated heterocycles. The molecule has 0 bridgehead atoms. The van der Waals surface area contributed by atoms with E-state index in [1.807, 2.05) is 0 Å².